The van der Waals surface area contributed by atoms with Crippen molar-refractivity contribution < 1.29 is 0 Å². The number of nitrogens with zero attached hydrogens (tertiary/aromatic N) is 6. The van der Waals surface area contributed by atoms with Crippen LogP contribution in [-0.2, 0) is 13.0 Å². The van der Waals surface area contributed by atoms with Gasteiger partial charge in [0.2, 0.25) is 0 Å². The van der Waals surface area contributed by atoms with E-state index in [2.05, 4.69) is 63.7 Å². The van der Waals surface area contributed by atoms with Gasteiger partial charge in [0.25, 0.3) is 0 Å². The number of imidazole rings is 1. The van der Waals surface area contributed by atoms with Crippen LogP contribution in [0.3, 0.4) is 0 Å². The summed E-state index contributed by atoms with van der Waals surface area (Å²) in [4.78, 5) is 17.8. The molecule has 0 radical (unpaired) electrons. The number of para-hydroxylation sites is 1. The number of H-pyrrole nitrogens is 1. The van der Waals surface area contributed by atoms with E-state index in [1.54, 1.807) is 12.4 Å². The Bertz CT molecular complexity index is 1480. The van der Waals surface area contributed by atoms with Crippen LogP contribution in [-0.4, -0.2) is 34.7 Å². The Morgan fingerprint density at radius 2 is 1.75 bits per heavy atom. The monoisotopic (exact) mass is 479 g/mol. The molecule has 2 aromatic carbocycles. The Morgan fingerprint density at radius 3 is 2.47 bits per heavy atom. The molecule has 0 fully saturated rings. The average Bonchev–Trinajstić information content (AvgIpc) is 3.53. The number of unbranched alkanes of at least 4 members (excludes halogenated alkanes) is 2. The Morgan fingerprint density at radius 1 is 0.944 bits per heavy atom. The summed E-state index contributed by atoms with van der Waals surface area (Å²) in [6, 6.07) is 20.1. The summed E-state index contributed by atoms with van der Waals surface area (Å²) in [5, 5.41) is 14.2. The standard InChI is InChI=1S/C28H29N7O/c1-3-4-6-11-26-20(2)35(23-9-7-5-8-10-23)28(36)34(26)19-21-12-14-22(15-13-21)24-16-17-29-18-25(24)27-30-32-33-31-27/h5,7-10,12-18H,3-4,6,11,19H2,1-2H3,(H,30,31,32,33). The molecule has 0 atom stereocenters. The molecule has 36 heavy (non-hydrogen) atoms. The summed E-state index contributed by atoms with van der Waals surface area (Å²) in [6.07, 6.45) is 7.75. The van der Waals surface area contributed by atoms with Crippen molar-refractivity contribution in [1.82, 2.24) is 34.7 Å². The number of aromatic amines is 1. The van der Waals surface area contributed by atoms with Crippen molar-refractivity contribution in [2.75, 3.05) is 0 Å². The van der Waals surface area contributed by atoms with Crippen molar-refractivity contribution in [3.05, 3.63) is 100 Å². The van der Waals surface area contributed by atoms with E-state index in [-0.39, 0.29) is 5.69 Å². The molecule has 1 N–H and O–H groups in total. The highest BCUT2D eigenvalue weighted by molar-refractivity contribution is 5.79. The first-order chi connectivity index (χ1) is 17.7. The van der Waals surface area contributed by atoms with E-state index in [4.69, 9.17) is 0 Å². The van der Waals surface area contributed by atoms with Crippen LogP contribution >= 0.6 is 0 Å². The fraction of sp³-hybridized carbons (Fsp3) is 0.250. The van der Waals surface area contributed by atoms with E-state index >= 15 is 0 Å². The summed E-state index contributed by atoms with van der Waals surface area (Å²) in [6.45, 7) is 4.78. The van der Waals surface area contributed by atoms with Crippen LogP contribution in [0.5, 0.6) is 0 Å². The van der Waals surface area contributed by atoms with Gasteiger partial charge < -0.3 is 0 Å². The third kappa shape index (κ3) is 4.62. The molecule has 5 aromatic rings. The molecule has 0 spiro atoms. The molecule has 0 aliphatic carbocycles. The molecule has 8 nitrogen and oxygen atoms in total. The van der Waals surface area contributed by atoms with Crippen molar-refractivity contribution in [2.24, 2.45) is 0 Å². The van der Waals surface area contributed by atoms with Crippen molar-refractivity contribution in [1.29, 1.82) is 0 Å². The van der Waals surface area contributed by atoms with Gasteiger partial charge in [0.1, 0.15) is 0 Å². The summed E-state index contributed by atoms with van der Waals surface area (Å²) >= 11 is 0. The zero-order valence-corrected chi connectivity index (χ0v) is 20.6. The number of nitrogens with one attached hydrogen (secondary N) is 1. The van der Waals surface area contributed by atoms with Gasteiger partial charge in [0, 0.05) is 29.3 Å². The van der Waals surface area contributed by atoms with Gasteiger partial charge in [-0.15, -0.1) is 5.10 Å². The van der Waals surface area contributed by atoms with Crippen LogP contribution in [0.15, 0.2) is 77.9 Å². The van der Waals surface area contributed by atoms with Crippen LogP contribution in [0.4, 0.5) is 0 Å². The summed E-state index contributed by atoms with van der Waals surface area (Å²) in [7, 11) is 0. The van der Waals surface area contributed by atoms with E-state index < -0.39 is 0 Å². The maximum Gasteiger partial charge on any atom is 0.333 e. The van der Waals surface area contributed by atoms with Crippen molar-refractivity contribution >= 4 is 0 Å². The number of benzene rings is 2. The molecule has 5 rings (SSSR count). The molecule has 0 amide bonds. The maximum atomic E-state index is 13.6. The Hall–Kier alpha value is -4.33. The predicted molar refractivity (Wildman–Crippen MR) is 140 cm³/mol. The van der Waals surface area contributed by atoms with Gasteiger partial charge in [-0.05, 0) is 65.1 Å². The third-order valence-electron chi connectivity index (χ3n) is 6.56. The van der Waals surface area contributed by atoms with Gasteiger partial charge >= 0.3 is 5.69 Å². The first-order valence-electron chi connectivity index (χ1n) is 12.3. The fourth-order valence-corrected chi connectivity index (χ4v) is 4.69. The quantitative estimate of drug-likeness (QED) is 0.301. The van der Waals surface area contributed by atoms with Crippen molar-refractivity contribution in [2.45, 2.75) is 46.1 Å². The maximum absolute atomic E-state index is 13.6. The van der Waals surface area contributed by atoms with Gasteiger partial charge in [-0.1, -0.05) is 62.2 Å². The highest BCUT2D eigenvalue weighted by atomic mass is 16.1. The molecular weight excluding hydrogens is 450 g/mol. The van der Waals surface area contributed by atoms with E-state index in [1.165, 1.54) is 0 Å². The van der Waals surface area contributed by atoms with Crippen LogP contribution in [0.25, 0.3) is 28.2 Å². The molecule has 3 aromatic heterocycles. The second-order valence-electron chi connectivity index (χ2n) is 8.90. The largest absolute Gasteiger partial charge is 0.333 e. The molecule has 0 aliphatic heterocycles. The van der Waals surface area contributed by atoms with Crippen molar-refractivity contribution in [3.8, 4) is 28.2 Å². The molecule has 182 valence electrons. The molecule has 3 heterocycles. The lowest BCUT2D eigenvalue weighted by atomic mass is 10.00. The number of tetrazole rings is 1. The lowest BCUT2D eigenvalue weighted by Gasteiger charge is -2.10. The molecule has 0 saturated heterocycles. The Balaban J connectivity index is 1.48. The molecule has 0 aliphatic rings. The highest BCUT2D eigenvalue weighted by Crippen LogP contribution is 2.29. The van der Waals surface area contributed by atoms with Gasteiger partial charge in [-0.25, -0.2) is 9.89 Å². The van der Waals surface area contributed by atoms with Crippen LogP contribution in [0.1, 0.15) is 43.1 Å². The second kappa shape index (κ2) is 10.5. The van der Waals surface area contributed by atoms with Gasteiger partial charge in [-0.2, -0.15) is 0 Å². The number of hydrogen-bond donors (Lipinski definition) is 1. The summed E-state index contributed by atoms with van der Waals surface area (Å²) in [5.41, 5.74) is 6.94. The Kier molecular flexibility index (Phi) is 6.84. The van der Waals surface area contributed by atoms with Crippen LogP contribution in [0, 0.1) is 6.92 Å². The topological polar surface area (TPSA) is 94.3 Å². The summed E-state index contributed by atoms with van der Waals surface area (Å²) < 4.78 is 3.77. The van der Waals surface area contributed by atoms with E-state index in [0.717, 1.165) is 65.0 Å². The minimum atomic E-state index is 0.00325. The first-order valence-corrected chi connectivity index (χ1v) is 12.3. The fourth-order valence-electron chi connectivity index (χ4n) is 4.69. The zero-order valence-electron chi connectivity index (χ0n) is 20.6. The minimum Gasteiger partial charge on any atom is -0.291 e. The lowest BCUT2D eigenvalue weighted by molar-refractivity contribution is 0.652. The van der Waals surface area contributed by atoms with Gasteiger partial charge in [0.05, 0.1) is 12.2 Å². The normalized spacial score (nSPS) is 11.2. The SMILES string of the molecule is CCCCCc1c(C)n(-c2ccccc2)c(=O)n1Cc1ccc(-c2ccncc2-c2nnn[nH]2)cc1. The molecule has 0 unspecified atom stereocenters. The lowest BCUT2D eigenvalue weighted by Crippen LogP contribution is -2.25. The van der Waals surface area contributed by atoms with Gasteiger partial charge in [-0.3, -0.25) is 14.1 Å². The molecule has 8 heteroatoms. The van der Waals surface area contributed by atoms with Crippen molar-refractivity contribution in [3.63, 3.8) is 0 Å². The third-order valence-corrected chi connectivity index (χ3v) is 6.56. The summed E-state index contributed by atoms with van der Waals surface area (Å²) in [5.74, 6) is 0.572. The number of aromatic nitrogens is 7. The second-order valence-corrected chi connectivity index (χ2v) is 8.90. The van der Waals surface area contributed by atoms with E-state index in [0.29, 0.717) is 12.4 Å². The van der Waals surface area contributed by atoms with E-state index in [9.17, 15) is 4.79 Å². The highest BCUT2D eigenvalue weighted by Gasteiger charge is 2.18. The minimum absolute atomic E-state index is 0.00325. The van der Waals surface area contributed by atoms with Crippen LogP contribution < -0.4 is 5.69 Å². The number of hydrogen-bond acceptors (Lipinski definition) is 5. The van der Waals surface area contributed by atoms with Crippen LogP contribution in [0.2, 0.25) is 0 Å². The zero-order chi connectivity index (χ0) is 24.9. The predicted octanol–water partition coefficient (Wildman–Crippen LogP) is 4.97. The molecule has 0 bridgehead atoms. The first kappa shape index (κ1) is 23.4. The van der Waals surface area contributed by atoms with E-state index in [1.807, 2.05) is 45.5 Å². The average molecular weight is 480 g/mol. The van der Waals surface area contributed by atoms with Gasteiger partial charge in [0.15, 0.2) is 5.82 Å². The smallest absolute Gasteiger partial charge is 0.291 e. The number of rotatable bonds is 9. The Labute approximate surface area is 209 Å². The molecular formula is C28H29N7O. The number of pyridine rings is 1. The molecule has 0 saturated carbocycles.